The summed E-state index contributed by atoms with van der Waals surface area (Å²) in [6.07, 6.45) is 0. The van der Waals surface area contributed by atoms with Gasteiger partial charge in [0.05, 0.1) is 10.7 Å². The van der Waals surface area contributed by atoms with Crippen LogP contribution in [0.25, 0.3) is 11.3 Å². The Kier molecular flexibility index (Phi) is 6.56. The number of thiazole rings is 1. The number of aromatic nitrogens is 1. The van der Waals surface area contributed by atoms with E-state index in [2.05, 4.69) is 9.71 Å². The Morgan fingerprint density at radius 3 is 2.61 bits per heavy atom. The zero-order chi connectivity index (χ0) is 20.1. The van der Waals surface area contributed by atoms with Crippen LogP contribution in [0.2, 0.25) is 5.02 Å². The van der Waals surface area contributed by atoms with Gasteiger partial charge < -0.3 is 9.64 Å². The first-order chi connectivity index (χ1) is 13.4. The maximum Gasteiger partial charge on any atom is 0.265 e. The second-order valence-corrected chi connectivity index (χ2v) is 9.14. The Morgan fingerprint density at radius 2 is 1.86 bits per heavy atom. The fourth-order valence-electron chi connectivity index (χ4n) is 2.42. The van der Waals surface area contributed by atoms with E-state index in [0.29, 0.717) is 18.1 Å². The molecule has 3 rings (SSSR count). The molecule has 0 bridgehead atoms. The fraction of sp³-hybridized carbons (Fsp3) is 0.211. The third kappa shape index (κ3) is 5.02. The van der Waals surface area contributed by atoms with E-state index >= 15 is 0 Å². The van der Waals surface area contributed by atoms with Crippen LogP contribution in [0.3, 0.4) is 0 Å². The van der Waals surface area contributed by atoms with Gasteiger partial charge in [-0.15, -0.1) is 11.3 Å². The molecule has 3 aromatic rings. The molecule has 0 spiro atoms. The summed E-state index contributed by atoms with van der Waals surface area (Å²) in [5.41, 5.74) is 1.45. The Hall–Kier alpha value is -2.13. The smallest absolute Gasteiger partial charge is 0.265 e. The number of ether oxygens (including phenoxy) is 1. The molecule has 9 heteroatoms. The standard InChI is InChI=1S/C19H20ClN3O3S2/c1-23(2)11-12-26-17-9-5-3-7-14(17)16-13-27-19(21-16)22-28(24,25)18-10-6-4-8-15(18)20/h3-10,13H,11-12H2,1-2H3,(H,21,22). The number of sulfonamides is 1. The van der Waals surface area contributed by atoms with Crippen molar-refractivity contribution in [3.05, 3.63) is 58.9 Å². The van der Waals surface area contributed by atoms with Gasteiger partial charge in [0, 0.05) is 17.5 Å². The van der Waals surface area contributed by atoms with Crippen LogP contribution in [0.5, 0.6) is 5.75 Å². The SMILES string of the molecule is CN(C)CCOc1ccccc1-c1csc(NS(=O)(=O)c2ccccc2Cl)n1. The van der Waals surface area contributed by atoms with E-state index < -0.39 is 10.0 Å². The molecule has 1 N–H and O–H groups in total. The molecule has 0 saturated heterocycles. The molecule has 0 atom stereocenters. The summed E-state index contributed by atoms with van der Waals surface area (Å²) in [5, 5.41) is 2.21. The Morgan fingerprint density at radius 1 is 1.14 bits per heavy atom. The predicted octanol–water partition coefficient (Wildman–Crippen LogP) is 4.20. The number of benzene rings is 2. The van der Waals surface area contributed by atoms with Crippen LogP contribution in [0.4, 0.5) is 5.13 Å². The Balaban J connectivity index is 1.81. The molecule has 0 saturated carbocycles. The van der Waals surface area contributed by atoms with E-state index in [1.807, 2.05) is 43.3 Å². The van der Waals surface area contributed by atoms with Crippen LogP contribution in [-0.2, 0) is 10.0 Å². The van der Waals surface area contributed by atoms with Crippen molar-refractivity contribution in [1.29, 1.82) is 0 Å². The first-order valence-electron chi connectivity index (χ1n) is 8.46. The third-order valence-electron chi connectivity index (χ3n) is 3.81. The molecule has 1 aromatic heterocycles. The average Bonchev–Trinajstić information content (AvgIpc) is 3.09. The number of hydrogen-bond acceptors (Lipinski definition) is 6. The van der Waals surface area contributed by atoms with Crippen molar-refractivity contribution in [3.8, 4) is 17.0 Å². The first-order valence-corrected chi connectivity index (χ1v) is 11.2. The van der Waals surface area contributed by atoms with Gasteiger partial charge in [0.25, 0.3) is 10.0 Å². The number of hydrogen-bond donors (Lipinski definition) is 1. The summed E-state index contributed by atoms with van der Waals surface area (Å²) in [4.78, 5) is 6.47. The zero-order valence-corrected chi connectivity index (χ0v) is 17.8. The maximum absolute atomic E-state index is 12.6. The van der Waals surface area contributed by atoms with E-state index in [1.165, 1.54) is 23.5 Å². The molecule has 0 amide bonds. The van der Waals surface area contributed by atoms with Crippen molar-refractivity contribution < 1.29 is 13.2 Å². The highest BCUT2D eigenvalue weighted by atomic mass is 35.5. The molecule has 0 fully saturated rings. The summed E-state index contributed by atoms with van der Waals surface area (Å²) in [7, 11) is 0.141. The number of rotatable bonds is 8. The average molecular weight is 438 g/mol. The summed E-state index contributed by atoms with van der Waals surface area (Å²) in [5.74, 6) is 0.704. The molecule has 0 aliphatic carbocycles. The zero-order valence-electron chi connectivity index (χ0n) is 15.4. The van der Waals surface area contributed by atoms with E-state index in [4.69, 9.17) is 16.3 Å². The van der Waals surface area contributed by atoms with E-state index in [1.54, 1.807) is 17.5 Å². The summed E-state index contributed by atoms with van der Waals surface area (Å²) < 4.78 is 33.5. The van der Waals surface area contributed by atoms with Crippen molar-refractivity contribution in [3.63, 3.8) is 0 Å². The molecule has 2 aromatic carbocycles. The highest BCUT2D eigenvalue weighted by Crippen LogP contribution is 2.33. The number of nitrogens with zero attached hydrogens (tertiary/aromatic N) is 2. The van der Waals surface area contributed by atoms with Gasteiger partial charge in [-0.2, -0.15) is 0 Å². The Bertz CT molecular complexity index is 1050. The largest absolute Gasteiger partial charge is 0.492 e. The minimum absolute atomic E-state index is 0.0147. The lowest BCUT2D eigenvalue weighted by Crippen LogP contribution is -2.19. The lowest BCUT2D eigenvalue weighted by Gasteiger charge is -2.13. The lowest BCUT2D eigenvalue weighted by molar-refractivity contribution is 0.262. The number of anilines is 1. The maximum atomic E-state index is 12.6. The molecular formula is C19H20ClN3O3S2. The lowest BCUT2D eigenvalue weighted by atomic mass is 10.1. The molecule has 28 heavy (non-hydrogen) atoms. The van der Waals surface area contributed by atoms with Crippen molar-refractivity contribution in [2.45, 2.75) is 4.90 Å². The molecule has 6 nitrogen and oxygen atoms in total. The number of nitrogens with one attached hydrogen (secondary N) is 1. The minimum Gasteiger partial charge on any atom is -0.492 e. The Labute approximate surface area is 173 Å². The van der Waals surface area contributed by atoms with Gasteiger partial charge in [-0.05, 0) is 38.4 Å². The molecular weight excluding hydrogens is 418 g/mol. The number of likely N-dealkylation sites (N-methyl/N-ethyl adjacent to an activating group) is 1. The van der Waals surface area contributed by atoms with Gasteiger partial charge in [-0.25, -0.2) is 13.4 Å². The fourth-order valence-corrected chi connectivity index (χ4v) is 4.90. The number of halogens is 1. The van der Waals surface area contributed by atoms with Gasteiger partial charge in [0.2, 0.25) is 0 Å². The van der Waals surface area contributed by atoms with Crippen LogP contribution >= 0.6 is 22.9 Å². The molecule has 0 radical (unpaired) electrons. The van der Waals surface area contributed by atoms with Gasteiger partial charge in [0.1, 0.15) is 17.3 Å². The quantitative estimate of drug-likeness (QED) is 0.571. The van der Waals surface area contributed by atoms with Gasteiger partial charge >= 0.3 is 0 Å². The second kappa shape index (κ2) is 8.91. The first kappa shape index (κ1) is 20.6. The molecule has 0 aliphatic heterocycles. The molecule has 0 unspecified atom stereocenters. The topological polar surface area (TPSA) is 71.5 Å². The highest BCUT2D eigenvalue weighted by Gasteiger charge is 2.20. The van der Waals surface area contributed by atoms with E-state index in [0.717, 1.165) is 12.1 Å². The second-order valence-electron chi connectivity index (χ2n) is 6.22. The van der Waals surface area contributed by atoms with E-state index in [-0.39, 0.29) is 15.0 Å². The van der Waals surface area contributed by atoms with Crippen LogP contribution < -0.4 is 9.46 Å². The minimum atomic E-state index is -3.82. The van der Waals surface area contributed by atoms with Gasteiger partial charge in [-0.1, -0.05) is 35.9 Å². The normalized spacial score (nSPS) is 11.6. The monoisotopic (exact) mass is 437 g/mol. The van der Waals surface area contributed by atoms with Gasteiger partial charge in [0.15, 0.2) is 5.13 Å². The van der Waals surface area contributed by atoms with E-state index in [9.17, 15) is 8.42 Å². The van der Waals surface area contributed by atoms with Crippen LogP contribution in [0.1, 0.15) is 0 Å². The molecule has 1 heterocycles. The van der Waals surface area contributed by atoms with Crippen LogP contribution in [0, 0.1) is 0 Å². The third-order valence-corrected chi connectivity index (χ3v) is 6.54. The van der Waals surface area contributed by atoms with Crippen LogP contribution in [0.15, 0.2) is 58.8 Å². The highest BCUT2D eigenvalue weighted by molar-refractivity contribution is 7.93. The van der Waals surface area contributed by atoms with Gasteiger partial charge in [-0.3, -0.25) is 4.72 Å². The summed E-state index contributed by atoms with van der Waals surface area (Å²) in [6, 6.07) is 13.8. The number of para-hydroxylation sites is 1. The molecule has 148 valence electrons. The van der Waals surface area contributed by atoms with Crippen molar-refractivity contribution in [2.24, 2.45) is 0 Å². The summed E-state index contributed by atoms with van der Waals surface area (Å²) in [6.45, 7) is 1.33. The van der Waals surface area contributed by atoms with Crippen molar-refractivity contribution in [1.82, 2.24) is 9.88 Å². The van der Waals surface area contributed by atoms with Crippen LogP contribution in [-0.4, -0.2) is 45.5 Å². The summed E-state index contributed by atoms with van der Waals surface area (Å²) >= 11 is 7.21. The molecule has 0 aliphatic rings. The van der Waals surface area contributed by atoms with Crippen molar-refractivity contribution in [2.75, 3.05) is 32.0 Å². The van der Waals surface area contributed by atoms with Crippen molar-refractivity contribution >= 4 is 38.1 Å². The predicted molar refractivity (Wildman–Crippen MR) is 114 cm³/mol.